The molecule has 10 nitrogen and oxygen atoms in total. The van der Waals surface area contributed by atoms with Crippen LogP contribution in [0.2, 0.25) is 0 Å². The monoisotopic (exact) mass is 548 g/mol. The number of anilines is 6. The van der Waals surface area contributed by atoms with Gasteiger partial charge in [-0.3, -0.25) is 35.7 Å². The van der Waals surface area contributed by atoms with E-state index in [0.29, 0.717) is 68.6 Å². The minimum Gasteiger partial charge on any atom is -0.452 e. The molecule has 0 fully saturated rings. The van der Waals surface area contributed by atoms with Gasteiger partial charge in [0.15, 0.2) is 34.5 Å². The molecule has 0 aliphatic carbocycles. The Hall–Kier alpha value is -3.86. The van der Waals surface area contributed by atoms with Crippen molar-refractivity contribution < 1.29 is 29.8 Å². The van der Waals surface area contributed by atoms with Crippen molar-refractivity contribution in [3.63, 3.8) is 0 Å². The molecule has 3 aliphatic rings. The second kappa shape index (κ2) is 8.09. The molecular formula is C30H36N4O6. The van der Waals surface area contributed by atoms with Crippen LogP contribution in [0.5, 0.6) is 34.5 Å². The van der Waals surface area contributed by atoms with Crippen LogP contribution in [0.3, 0.4) is 0 Å². The summed E-state index contributed by atoms with van der Waals surface area (Å²) in [4.78, 5) is 2.03. The van der Waals surface area contributed by atoms with Crippen molar-refractivity contribution in [1.82, 2.24) is 0 Å². The molecule has 3 N–H and O–H groups in total. The molecular weight excluding hydrogens is 512 g/mol. The number of ether oxygens (including phenoxy) is 3. The van der Waals surface area contributed by atoms with Crippen LogP contribution in [-0.2, 0) is 0 Å². The Bertz CT molecular complexity index is 1300. The maximum absolute atomic E-state index is 11.0. The number of nitrogens with zero attached hydrogens (tertiary/aromatic N) is 4. The van der Waals surface area contributed by atoms with E-state index in [1.807, 2.05) is 67.2 Å². The highest BCUT2D eigenvalue weighted by Crippen LogP contribution is 2.68. The molecule has 3 heterocycles. The summed E-state index contributed by atoms with van der Waals surface area (Å²) in [5.74, 6) is 2.88. The molecule has 0 bridgehead atoms. The summed E-state index contributed by atoms with van der Waals surface area (Å²) in [7, 11) is 0. The van der Waals surface area contributed by atoms with Crippen molar-refractivity contribution in [1.29, 1.82) is 0 Å². The van der Waals surface area contributed by atoms with Crippen LogP contribution >= 0.6 is 0 Å². The molecule has 0 radical (unpaired) electrons. The lowest BCUT2D eigenvalue weighted by molar-refractivity contribution is 0.180. The quantitative estimate of drug-likeness (QED) is 0.187. The molecule has 0 unspecified atom stereocenters. The Morgan fingerprint density at radius 2 is 0.650 bits per heavy atom. The summed E-state index contributed by atoms with van der Waals surface area (Å²) in [6, 6.07) is 10.6. The van der Waals surface area contributed by atoms with Gasteiger partial charge in [0.1, 0.15) is 17.1 Å². The van der Waals surface area contributed by atoms with Gasteiger partial charge in [0.05, 0.1) is 33.7 Å². The lowest BCUT2D eigenvalue weighted by Gasteiger charge is -2.43. The van der Waals surface area contributed by atoms with Gasteiger partial charge in [0.2, 0.25) is 0 Å². The van der Waals surface area contributed by atoms with Gasteiger partial charge >= 0.3 is 0 Å². The Morgan fingerprint density at radius 1 is 0.450 bits per heavy atom. The first-order valence-electron chi connectivity index (χ1n) is 13.3. The van der Waals surface area contributed by atoms with Gasteiger partial charge in [-0.2, -0.15) is 0 Å². The van der Waals surface area contributed by atoms with Crippen molar-refractivity contribution in [2.75, 3.05) is 20.1 Å². The molecule has 0 amide bonds. The first kappa shape index (κ1) is 26.4. The standard InChI is InChI=1S/C30H36N4O6/c1-28(2,3)32(35)16-10-19-25-20(11-16)39-22-13-18(34(37)30(7,8)9)15-24-27(22)31(25)26-21(38-19)12-17(14-23(26)40-24)33(36)29(4,5)6/h10-15,35-37H,1-9H3. The van der Waals surface area contributed by atoms with Crippen molar-refractivity contribution in [3.05, 3.63) is 36.4 Å². The van der Waals surface area contributed by atoms with Crippen LogP contribution in [0.15, 0.2) is 36.4 Å². The summed E-state index contributed by atoms with van der Waals surface area (Å²) in [5, 5.41) is 36.6. The van der Waals surface area contributed by atoms with Gasteiger partial charge in [-0.15, -0.1) is 0 Å². The third-order valence-corrected chi connectivity index (χ3v) is 7.04. The Balaban J connectivity index is 1.62. The number of hydroxylamine groups is 3. The molecule has 10 heteroatoms. The van der Waals surface area contributed by atoms with E-state index in [-0.39, 0.29) is 0 Å². The molecule has 6 rings (SSSR count). The fraction of sp³-hybridized carbons (Fsp3) is 0.400. The highest BCUT2D eigenvalue weighted by atomic mass is 16.5. The van der Waals surface area contributed by atoms with E-state index in [1.165, 1.54) is 15.2 Å². The normalized spacial score (nSPS) is 14.6. The van der Waals surface area contributed by atoms with E-state index in [1.54, 1.807) is 36.4 Å². The third-order valence-electron chi connectivity index (χ3n) is 7.04. The lowest BCUT2D eigenvalue weighted by atomic mass is 10.0. The Kier molecular flexibility index (Phi) is 5.33. The van der Waals surface area contributed by atoms with Crippen LogP contribution in [0, 0.1) is 0 Å². The second-order valence-electron chi connectivity index (χ2n) is 13.5. The largest absolute Gasteiger partial charge is 0.452 e. The van der Waals surface area contributed by atoms with Crippen LogP contribution in [0.25, 0.3) is 0 Å². The fourth-order valence-corrected chi connectivity index (χ4v) is 5.05. The van der Waals surface area contributed by atoms with E-state index in [2.05, 4.69) is 0 Å². The van der Waals surface area contributed by atoms with Gasteiger partial charge in [0, 0.05) is 36.4 Å². The average Bonchev–Trinajstić information content (AvgIpc) is 2.84. The number of rotatable bonds is 3. The minimum absolute atomic E-state index is 0.479. The maximum Gasteiger partial charge on any atom is 0.157 e. The van der Waals surface area contributed by atoms with Crippen molar-refractivity contribution in [2.24, 2.45) is 0 Å². The first-order chi connectivity index (χ1) is 18.4. The minimum atomic E-state index is -0.589. The summed E-state index contributed by atoms with van der Waals surface area (Å²) in [6.45, 7) is 17.1. The maximum atomic E-state index is 11.0. The van der Waals surface area contributed by atoms with E-state index < -0.39 is 16.6 Å². The van der Waals surface area contributed by atoms with Gasteiger partial charge in [0.25, 0.3) is 0 Å². The van der Waals surface area contributed by atoms with E-state index >= 15 is 0 Å². The fourth-order valence-electron chi connectivity index (χ4n) is 5.05. The Morgan fingerprint density at radius 3 is 0.825 bits per heavy atom. The Labute approximate surface area is 234 Å². The zero-order valence-corrected chi connectivity index (χ0v) is 24.3. The first-order valence-corrected chi connectivity index (χ1v) is 13.3. The predicted molar refractivity (Wildman–Crippen MR) is 153 cm³/mol. The van der Waals surface area contributed by atoms with Gasteiger partial charge in [-0.1, -0.05) is 0 Å². The molecule has 3 aromatic rings. The van der Waals surface area contributed by atoms with Gasteiger partial charge < -0.3 is 14.2 Å². The zero-order valence-electron chi connectivity index (χ0n) is 24.3. The molecule has 0 aromatic heterocycles. The zero-order chi connectivity index (χ0) is 29.1. The highest BCUT2D eigenvalue weighted by Gasteiger charge is 2.44. The summed E-state index contributed by atoms with van der Waals surface area (Å²) in [6.07, 6.45) is 0. The van der Waals surface area contributed by atoms with E-state index in [0.717, 1.165) is 0 Å². The predicted octanol–water partition coefficient (Wildman–Crippen LogP) is 8.46. The molecule has 0 saturated carbocycles. The number of hydrogen-bond acceptors (Lipinski definition) is 10. The van der Waals surface area contributed by atoms with Crippen molar-refractivity contribution >= 4 is 34.1 Å². The molecule has 0 atom stereocenters. The second-order valence-corrected chi connectivity index (χ2v) is 13.5. The van der Waals surface area contributed by atoms with Crippen LogP contribution in [-0.4, -0.2) is 32.2 Å². The lowest BCUT2D eigenvalue weighted by Crippen LogP contribution is -2.39. The van der Waals surface area contributed by atoms with Crippen molar-refractivity contribution in [3.8, 4) is 34.5 Å². The number of benzene rings is 3. The van der Waals surface area contributed by atoms with Crippen molar-refractivity contribution in [2.45, 2.75) is 78.9 Å². The topological polar surface area (TPSA) is 101 Å². The third kappa shape index (κ3) is 3.89. The summed E-state index contributed by atoms with van der Waals surface area (Å²) >= 11 is 0. The van der Waals surface area contributed by atoms with E-state index in [9.17, 15) is 15.6 Å². The van der Waals surface area contributed by atoms with Gasteiger partial charge in [-0.25, -0.2) is 0 Å². The molecule has 3 aromatic carbocycles. The smallest absolute Gasteiger partial charge is 0.157 e. The van der Waals surface area contributed by atoms with Crippen LogP contribution < -0.4 is 34.3 Å². The molecule has 0 spiro atoms. The SMILES string of the molecule is CC(C)(C)N(O)c1cc2c3c(c1)Oc1cc(N(O)C(C)(C)C)cc4c1N3c1c(cc(N(O)C(C)(C)C)cc1O4)O2. The highest BCUT2D eigenvalue weighted by molar-refractivity contribution is 6.01. The van der Waals surface area contributed by atoms with Crippen LogP contribution in [0.1, 0.15) is 62.3 Å². The molecule has 212 valence electrons. The molecule has 40 heavy (non-hydrogen) atoms. The van der Waals surface area contributed by atoms with Gasteiger partial charge in [-0.05, 0) is 62.3 Å². The van der Waals surface area contributed by atoms with Crippen LogP contribution in [0.4, 0.5) is 34.1 Å². The molecule has 0 saturated heterocycles. The summed E-state index contributed by atoms with van der Waals surface area (Å²) < 4.78 is 19.3. The average molecular weight is 549 g/mol. The number of hydrogen-bond donors (Lipinski definition) is 3. The molecule has 3 aliphatic heterocycles. The van der Waals surface area contributed by atoms with E-state index in [4.69, 9.17) is 14.2 Å². The summed E-state index contributed by atoms with van der Waals surface area (Å²) in [5.41, 5.74) is 1.72.